The van der Waals surface area contributed by atoms with E-state index in [1.54, 1.807) is 22.3 Å². The van der Waals surface area contributed by atoms with E-state index >= 15 is 4.39 Å². The van der Waals surface area contributed by atoms with E-state index in [9.17, 15) is 9.18 Å². The summed E-state index contributed by atoms with van der Waals surface area (Å²) in [7, 11) is 0. The van der Waals surface area contributed by atoms with Gasteiger partial charge in [0.1, 0.15) is 17.2 Å². The highest BCUT2D eigenvalue weighted by Crippen LogP contribution is 2.38. The topological polar surface area (TPSA) is 71.3 Å². The molecular formula is C33H43F2N5O3. The number of pyridine rings is 1. The number of hydrogen-bond donors (Lipinski definition) is 1. The zero-order chi connectivity index (χ0) is 30.2. The van der Waals surface area contributed by atoms with Crippen molar-refractivity contribution in [3.63, 3.8) is 0 Å². The Kier molecular flexibility index (Phi) is 8.82. The number of rotatable bonds is 8. The maximum atomic E-state index is 15.4. The molecule has 0 radical (unpaired) electrons. The molecule has 0 saturated carbocycles. The van der Waals surface area contributed by atoms with E-state index in [1.807, 2.05) is 19.2 Å². The van der Waals surface area contributed by atoms with E-state index < -0.39 is 11.8 Å². The summed E-state index contributed by atoms with van der Waals surface area (Å²) in [6.07, 6.45) is 4.16. The van der Waals surface area contributed by atoms with Gasteiger partial charge in [-0.3, -0.25) is 9.69 Å². The third-order valence-electron chi connectivity index (χ3n) is 9.45. The van der Waals surface area contributed by atoms with Gasteiger partial charge >= 0.3 is 0 Å². The number of amides is 1. The molecular weight excluding hydrogens is 552 g/mol. The van der Waals surface area contributed by atoms with Gasteiger partial charge in [0, 0.05) is 55.9 Å². The summed E-state index contributed by atoms with van der Waals surface area (Å²) >= 11 is 0. The van der Waals surface area contributed by atoms with E-state index in [4.69, 9.17) is 9.47 Å². The van der Waals surface area contributed by atoms with Crippen molar-refractivity contribution < 1.29 is 23.0 Å². The van der Waals surface area contributed by atoms with Crippen molar-refractivity contribution >= 4 is 11.4 Å². The number of imidazole rings is 1. The molecule has 2 aromatic heterocycles. The second kappa shape index (κ2) is 12.6. The van der Waals surface area contributed by atoms with Gasteiger partial charge in [-0.15, -0.1) is 0 Å². The summed E-state index contributed by atoms with van der Waals surface area (Å²) in [6, 6.07) is 6.92. The minimum absolute atomic E-state index is 0.144. The van der Waals surface area contributed by atoms with Crippen molar-refractivity contribution in [1.82, 2.24) is 24.5 Å². The first-order valence-corrected chi connectivity index (χ1v) is 15.6. The maximum Gasteiger partial charge on any atom is 0.254 e. The lowest BCUT2D eigenvalue weighted by atomic mass is 9.85. The molecule has 6 rings (SSSR count). The van der Waals surface area contributed by atoms with Crippen LogP contribution in [-0.2, 0) is 9.47 Å². The normalized spacial score (nSPS) is 22.7. The molecule has 10 heteroatoms. The number of hydrogen-bond acceptors (Lipinski definition) is 6. The molecule has 1 amide bonds. The highest BCUT2D eigenvalue weighted by molar-refractivity contribution is 6.03. The third-order valence-corrected chi connectivity index (χ3v) is 9.45. The summed E-state index contributed by atoms with van der Waals surface area (Å²) in [4.78, 5) is 22.2. The Balaban J connectivity index is 1.30. The molecule has 43 heavy (non-hydrogen) atoms. The van der Waals surface area contributed by atoms with Crippen LogP contribution in [0.1, 0.15) is 61.3 Å². The Morgan fingerprint density at radius 1 is 1.12 bits per heavy atom. The molecule has 8 nitrogen and oxygen atoms in total. The summed E-state index contributed by atoms with van der Waals surface area (Å²) in [5.41, 5.74) is 2.65. The first kappa shape index (κ1) is 30.1. The van der Waals surface area contributed by atoms with Crippen molar-refractivity contribution in [3.05, 3.63) is 59.2 Å². The largest absolute Gasteiger partial charge is 0.379 e. The van der Waals surface area contributed by atoms with Gasteiger partial charge in [0.05, 0.1) is 38.0 Å². The summed E-state index contributed by atoms with van der Waals surface area (Å²) in [6.45, 7) is 13.8. The Morgan fingerprint density at radius 2 is 1.91 bits per heavy atom. The van der Waals surface area contributed by atoms with Crippen LogP contribution in [0.4, 0.5) is 8.78 Å². The van der Waals surface area contributed by atoms with Gasteiger partial charge in [0.2, 0.25) is 5.95 Å². The Morgan fingerprint density at radius 3 is 2.63 bits per heavy atom. The molecule has 1 aromatic carbocycles. The van der Waals surface area contributed by atoms with Crippen molar-refractivity contribution in [2.24, 2.45) is 5.92 Å². The zero-order valence-electron chi connectivity index (χ0n) is 25.6. The molecule has 0 bridgehead atoms. The molecule has 1 unspecified atom stereocenters. The van der Waals surface area contributed by atoms with Crippen molar-refractivity contribution in [1.29, 1.82) is 0 Å². The number of nitrogens with zero attached hydrogens (tertiary/aromatic N) is 4. The van der Waals surface area contributed by atoms with E-state index in [1.165, 1.54) is 12.1 Å². The second-order valence-electron chi connectivity index (χ2n) is 12.7. The number of carbonyl (C=O) groups excluding carboxylic acids is 1. The van der Waals surface area contributed by atoms with Crippen molar-refractivity contribution in [2.75, 3.05) is 52.6 Å². The fraction of sp³-hybridized carbons (Fsp3) is 0.576. The number of fused-ring (bicyclic) bond motifs is 1. The number of ether oxygens (including phenoxy) is 2. The van der Waals surface area contributed by atoms with E-state index in [-0.39, 0.29) is 23.4 Å². The maximum absolute atomic E-state index is 15.4. The lowest BCUT2D eigenvalue weighted by Crippen LogP contribution is -2.53. The molecule has 3 aliphatic heterocycles. The third kappa shape index (κ3) is 6.07. The Bertz CT molecular complexity index is 1460. The zero-order valence-corrected chi connectivity index (χ0v) is 25.6. The van der Waals surface area contributed by atoms with E-state index in [0.29, 0.717) is 60.2 Å². The SMILES string of the molecule is Cc1nc(F)c2c(-c3ccc(F)cc3C(=O)N3CCOC[C@H]3C)cc(C3CN(C(CC[C@@H]4COCCN4)C(C)C)C3)cn12. The fourth-order valence-electron chi connectivity index (χ4n) is 6.98. The number of nitrogens with one attached hydrogen (secondary N) is 1. The minimum Gasteiger partial charge on any atom is -0.379 e. The molecule has 0 spiro atoms. The predicted molar refractivity (Wildman–Crippen MR) is 161 cm³/mol. The second-order valence-corrected chi connectivity index (χ2v) is 12.7. The van der Waals surface area contributed by atoms with Crippen molar-refractivity contribution in [2.45, 2.75) is 64.6 Å². The highest BCUT2D eigenvalue weighted by atomic mass is 19.1. The smallest absolute Gasteiger partial charge is 0.254 e. The molecule has 0 aliphatic carbocycles. The van der Waals surface area contributed by atoms with Crippen LogP contribution in [0.15, 0.2) is 30.5 Å². The van der Waals surface area contributed by atoms with Crippen LogP contribution in [0.25, 0.3) is 16.6 Å². The van der Waals surface area contributed by atoms with Crippen LogP contribution in [0.3, 0.4) is 0 Å². The molecule has 3 saturated heterocycles. The molecule has 3 aromatic rings. The van der Waals surface area contributed by atoms with Gasteiger partial charge in [-0.05, 0) is 61.9 Å². The lowest BCUT2D eigenvalue weighted by molar-refractivity contribution is 0.00361. The van der Waals surface area contributed by atoms with Crippen LogP contribution < -0.4 is 5.32 Å². The Labute approximate surface area is 252 Å². The quantitative estimate of drug-likeness (QED) is 0.409. The van der Waals surface area contributed by atoms with Gasteiger partial charge in [0.25, 0.3) is 5.91 Å². The number of benzene rings is 1. The van der Waals surface area contributed by atoms with Crippen LogP contribution >= 0.6 is 0 Å². The minimum atomic E-state index is -0.600. The van der Waals surface area contributed by atoms with E-state index in [0.717, 1.165) is 51.3 Å². The number of aryl methyl sites for hydroxylation is 1. The summed E-state index contributed by atoms with van der Waals surface area (Å²) in [5.74, 6) is -0.0801. The summed E-state index contributed by atoms with van der Waals surface area (Å²) < 4.78 is 42.9. The molecule has 5 heterocycles. The monoisotopic (exact) mass is 595 g/mol. The van der Waals surface area contributed by atoms with Crippen LogP contribution in [0, 0.1) is 24.6 Å². The van der Waals surface area contributed by atoms with Gasteiger partial charge in [-0.1, -0.05) is 19.9 Å². The number of aromatic nitrogens is 2. The predicted octanol–water partition coefficient (Wildman–Crippen LogP) is 4.64. The molecule has 3 fully saturated rings. The van der Waals surface area contributed by atoms with Gasteiger partial charge in [-0.2, -0.15) is 4.39 Å². The molecule has 1 N–H and O–H groups in total. The van der Waals surface area contributed by atoms with E-state index in [2.05, 4.69) is 29.0 Å². The first-order valence-electron chi connectivity index (χ1n) is 15.6. The number of halogens is 2. The van der Waals surface area contributed by atoms with Crippen molar-refractivity contribution in [3.8, 4) is 11.1 Å². The van der Waals surface area contributed by atoms with Gasteiger partial charge < -0.3 is 24.1 Å². The molecule has 232 valence electrons. The number of likely N-dealkylation sites (tertiary alicyclic amines) is 1. The van der Waals surface area contributed by atoms with Crippen LogP contribution in [0.5, 0.6) is 0 Å². The van der Waals surface area contributed by atoms with Crippen LogP contribution in [0.2, 0.25) is 0 Å². The molecule has 3 aliphatic rings. The highest BCUT2D eigenvalue weighted by Gasteiger charge is 2.36. The summed E-state index contributed by atoms with van der Waals surface area (Å²) in [5, 5.41) is 3.57. The molecule has 3 atom stereocenters. The first-order chi connectivity index (χ1) is 20.7. The van der Waals surface area contributed by atoms with Crippen LogP contribution in [-0.4, -0.2) is 95.8 Å². The number of carbonyl (C=O) groups is 1. The number of morpholine rings is 2. The lowest BCUT2D eigenvalue weighted by Gasteiger charge is -2.47. The average Bonchev–Trinajstić information content (AvgIpc) is 3.26. The van der Waals surface area contributed by atoms with Gasteiger partial charge in [-0.25, -0.2) is 9.37 Å². The van der Waals surface area contributed by atoms with Gasteiger partial charge in [0.15, 0.2) is 0 Å². The fourth-order valence-corrected chi connectivity index (χ4v) is 6.98. The standard InChI is InChI=1S/C33H43F2N5O3/c1-20(2)30(8-6-26-19-42-11-9-36-26)38-15-24(16-38)23-13-28(31-32(35)37-22(4)40(31)17-23)27-7-5-25(34)14-29(27)33(41)39-10-12-43-18-21(39)3/h5,7,13-14,17,20-21,24,26,30,36H,6,8-12,15-16,18-19H2,1-4H3/t21-,26-,30?/m1/s1. The Hall–Kier alpha value is -2.92. The average molecular weight is 596 g/mol.